The van der Waals surface area contributed by atoms with E-state index in [4.69, 9.17) is 13.6 Å². The summed E-state index contributed by atoms with van der Waals surface area (Å²) in [5.74, 6) is 0.348. The number of amides is 1. The first-order valence-electron chi connectivity index (χ1n) is 13.9. The zero-order valence-electron chi connectivity index (χ0n) is 23.6. The lowest BCUT2D eigenvalue weighted by molar-refractivity contribution is -0.138. The first-order valence-corrected chi connectivity index (χ1v) is 13.9. The lowest BCUT2D eigenvalue weighted by atomic mass is 10.1. The van der Waals surface area contributed by atoms with Crippen LogP contribution in [0.5, 0.6) is 0 Å². The normalized spacial score (nSPS) is 16.2. The summed E-state index contributed by atoms with van der Waals surface area (Å²) in [5, 5.41) is 0. The van der Waals surface area contributed by atoms with Crippen molar-refractivity contribution in [3.05, 3.63) is 106 Å². The molecular weight excluding hydrogens is 604 g/mol. The number of nitrogens with zero attached hydrogens (tertiary/aromatic N) is 3. The lowest BCUT2D eigenvalue weighted by Gasteiger charge is -2.32. The minimum absolute atomic E-state index is 0.0161. The third kappa shape index (κ3) is 8.94. The van der Waals surface area contributed by atoms with E-state index in [0.29, 0.717) is 35.6 Å². The van der Waals surface area contributed by atoms with Crippen LogP contribution in [-0.4, -0.2) is 40.0 Å². The number of hydrogen-bond acceptors (Lipinski definition) is 6. The van der Waals surface area contributed by atoms with Crippen LogP contribution in [0.25, 0.3) is 24.3 Å². The molecule has 1 fully saturated rings. The van der Waals surface area contributed by atoms with Crippen LogP contribution in [0.3, 0.4) is 0 Å². The van der Waals surface area contributed by atoms with Crippen LogP contribution in [0.2, 0.25) is 0 Å². The summed E-state index contributed by atoms with van der Waals surface area (Å²) in [7, 11) is 0. The van der Waals surface area contributed by atoms with E-state index in [1.54, 1.807) is 23.1 Å². The van der Waals surface area contributed by atoms with E-state index in [1.165, 1.54) is 42.9 Å². The molecule has 7 nitrogen and oxygen atoms in total. The van der Waals surface area contributed by atoms with Crippen molar-refractivity contribution in [2.45, 2.75) is 44.3 Å². The van der Waals surface area contributed by atoms with Gasteiger partial charge in [-0.3, -0.25) is 4.79 Å². The van der Waals surface area contributed by atoms with Crippen LogP contribution in [0, 0.1) is 0 Å². The molecule has 13 heteroatoms. The molecule has 0 spiro atoms. The Labute approximate surface area is 253 Å². The van der Waals surface area contributed by atoms with Gasteiger partial charge in [-0.1, -0.05) is 24.3 Å². The van der Waals surface area contributed by atoms with Gasteiger partial charge in [-0.2, -0.15) is 26.3 Å². The second kappa shape index (κ2) is 13.6. The number of piperidine rings is 1. The van der Waals surface area contributed by atoms with E-state index < -0.39 is 23.5 Å². The van der Waals surface area contributed by atoms with Gasteiger partial charge in [-0.15, -0.1) is 0 Å². The number of hydrogen-bond donors (Lipinski definition) is 0. The van der Waals surface area contributed by atoms with E-state index in [2.05, 4.69) is 9.97 Å². The van der Waals surface area contributed by atoms with Crippen molar-refractivity contribution in [2.75, 3.05) is 13.1 Å². The average molecular weight is 632 g/mol. The quantitative estimate of drug-likeness (QED) is 0.176. The molecule has 1 aliphatic rings. The van der Waals surface area contributed by atoms with Gasteiger partial charge in [0.15, 0.2) is 0 Å². The smallest absolute Gasteiger partial charge is 0.416 e. The highest BCUT2D eigenvalue weighted by molar-refractivity contribution is 5.78. The number of carbonyl (C=O) groups excluding carboxylic acids is 1. The van der Waals surface area contributed by atoms with Gasteiger partial charge in [0, 0.05) is 25.2 Å². The maximum absolute atomic E-state index is 12.9. The van der Waals surface area contributed by atoms with Crippen molar-refractivity contribution in [2.24, 2.45) is 0 Å². The molecule has 236 valence electrons. The summed E-state index contributed by atoms with van der Waals surface area (Å²) in [6.07, 6.45) is 1.53. The minimum atomic E-state index is -4.41. The minimum Gasteiger partial charge on any atom is -0.445 e. The number of benzene rings is 2. The van der Waals surface area contributed by atoms with Crippen molar-refractivity contribution in [1.29, 1.82) is 0 Å². The fraction of sp³-hybridized carbons (Fsp3) is 0.281. The van der Waals surface area contributed by atoms with Gasteiger partial charge in [0.25, 0.3) is 0 Å². The Morgan fingerprint density at radius 1 is 0.800 bits per heavy atom. The number of rotatable bonds is 9. The van der Waals surface area contributed by atoms with Gasteiger partial charge in [-0.05, 0) is 60.4 Å². The van der Waals surface area contributed by atoms with Crippen LogP contribution in [0.15, 0.2) is 69.9 Å². The molecule has 5 rings (SSSR count). The van der Waals surface area contributed by atoms with Crippen LogP contribution in [-0.2, 0) is 34.9 Å². The number of ether oxygens (including phenoxy) is 1. The molecule has 4 aromatic rings. The molecule has 1 unspecified atom stereocenters. The molecule has 45 heavy (non-hydrogen) atoms. The van der Waals surface area contributed by atoms with Crippen molar-refractivity contribution >= 4 is 30.2 Å². The maximum atomic E-state index is 12.9. The SMILES string of the molecule is O=C(Cc1coc(/C=C/c2ccc(C(F)(F)F)cc2)n1)N1CCCC(OCc2coc(/C=C/c3ccc(C(F)(F)F)cc3)n2)C1. The van der Waals surface area contributed by atoms with Crippen molar-refractivity contribution in [3.8, 4) is 0 Å². The molecule has 2 aromatic carbocycles. The predicted octanol–water partition coefficient (Wildman–Crippen LogP) is 7.79. The second-order valence-corrected chi connectivity index (χ2v) is 10.4. The molecular formula is C32H27F6N3O4. The van der Waals surface area contributed by atoms with Gasteiger partial charge in [0.1, 0.15) is 18.2 Å². The summed E-state index contributed by atoms with van der Waals surface area (Å²) < 4.78 is 93.1. The summed E-state index contributed by atoms with van der Waals surface area (Å²) in [4.78, 5) is 23.2. The van der Waals surface area contributed by atoms with E-state index in [-0.39, 0.29) is 36.8 Å². The molecule has 0 N–H and O–H groups in total. The van der Waals surface area contributed by atoms with Crippen LogP contribution < -0.4 is 0 Å². The Balaban J connectivity index is 1.08. The molecule has 1 amide bonds. The average Bonchev–Trinajstić information content (AvgIpc) is 3.67. The van der Waals surface area contributed by atoms with E-state index in [0.717, 1.165) is 37.1 Å². The standard InChI is InChI=1S/C32H27F6N3O4/c33-31(34,35)23-9-3-21(4-10-23)7-13-28-39-25(18-44-28)16-30(42)41-15-1-2-27(17-41)43-19-26-20-45-29(40-26)14-8-22-5-11-24(12-6-22)32(36,37)38/h3-14,18,20,27H,1-2,15-17,19H2/b13-7+,14-8+. The van der Waals surface area contributed by atoms with E-state index in [1.807, 2.05) is 0 Å². The van der Waals surface area contributed by atoms with Crippen LogP contribution >= 0.6 is 0 Å². The first-order chi connectivity index (χ1) is 21.4. The fourth-order valence-electron chi connectivity index (χ4n) is 4.62. The number of likely N-dealkylation sites (tertiary alicyclic amines) is 1. The Hall–Kier alpha value is -4.65. The van der Waals surface area contributed by atoms with E-state index >= 15 is 0 Å². The van der Waals surface area contributed by atoms with Crippen molar-refractivity contribution in [1.82, 2.24) is 14.9 Å². The second-order valence-electron chi connectivity index (χ2n) is 10.4. The molecule has 0 saturated carbocycles. The van der Waals surface area contributed by atoms with Crippen LogP contribution in [0.1, 0.15) is 58.3 Å². The lowest BCUT2D eigenvalue weighted by Crippen LogP contribution is -2.43. The Bertz CT molecular complexity index is 1640. The Morgan fingerprint density at radius 3 is 1.84 bits per heavy atom. The summed E-state index contributed by atoms with van der Waals surface area (Å²) in [5.41, 5.74) is 0.589. The summed E-state index contributed by atoms with van der Waals surface area (Å²) >= 11 is 0. The first kappa shape index (κ1) is 31.8. The number of halogens is 6. The number of aromatic nitrogens is 2. The van der Waals surface area contributed by atoms with Crippen molar-refractivity contribution < 1.29 is 44.7 Å². The maximum Gasteiger partial charge on any atom is 0.416 e. The highest BCUT2D eigenvalue weighted by Gasteiger charge is 2.30. The summed E-state index contributed by atoms with van der Waals surface area (Å²) in [6, 6.07) is 9.38. The van der Waals surface area contributed by atoms with Gasteiger partial charge in [0.2, 0.25) is 17.7 Å². The largest absolute Gasteiger partial charge is 0.445 e. The topological polar surface area (TPSA) is 81.6 Å². The molecule has 1 aliphatic heterocycles. The molecule has 0 radical (unpaired) electrons. The predicted molar refractivity (Wildman–Crippen MR) is 152 cm³/mol. The fourth-order valence-corrected chi connectivity index (χ4v) is 4.62. The highest BCUT2D eigenvalue weighted by atomic mass is 19.4. The van der Waals surface area contributed by atoms with E-state index in [9.17, 15) is 31.1 Å². The molecule has 1 atom stereocenters. The van der Waals surface area contributed by atoms with Gasteiger partial charge in [-0.25, -0.2) is 9.97 Å². The highest BCUT2D eigenvalue weighted by Crippen LogP contribution is 2.30. The third-order valence-corrected chi connectivity index (χ3v) is 6.98. The molecule has 0 aliphatic carbocycles. The zero-order chi connectivity index (χ0) is 32.0. The van der Waals surface area contributed by atoms with Gasteiger partial charge in [0.05, 0.1) is 36.0 Å². The van der Waals surface area contributed by atoms with Crippen LogP contribution in [0.4, 0.5) is 26.3 Å². The number of carbonyl (C=O) groups is 1. The Morgan fingerprint density at radius 2 is 1.31 bits per heavy atom. The molecule has 0 bridgehead atoms. The number of oxazole rings is 2. The van der Waals surface area contributed by atoms with Gasteiger partial charge >= 0.3 is 12.4 Å². The number of alkyl halides is 6. The molecule has 2 aromatic heterocycles. The van der Waals surface area contributed by atoms with Crippen molar-refractivity contribution in [3.63, 3.8) is 0 Å². The van der Waals surface area contributed by atoms with Gasteiger partial charge < -0.3 is 18.5 Å². The monoisotopic (exact) mass is 631 g/mol. The molecule has 3 heterocycles. The zero-order valence-corrected chi connectivity index (χ0v) is 23.6. The molecule has 1 saturated heterocycles. The Kier molecular flexibility index (Phi) is 9.57. The summed E-state index contributed by atoms with van der Waals surface area (Å²) in [6.45, 7) is 1.11. The third-order valence-electron chi connectivity index (χ3n) is 6.98.